The molecule has 1 atom stereocenters. The number of benzene rings is 1. The van der Waals surface area contributed by atoms with Gasteiger partial charge < -0.3 is 5.32 Å². The van der Waals surface area contributed by atoms with Gasteiger partial charge in [-0.3, -0.25) is 0 Å². The number of thiophene rings is 1. The minimum atomic E-state index is 0.499. The lowest BCUT2D eigenvalue weighted by molar-refractivity contribution is 0.513. The molecule has 0 saturated heterocycles. The SMILES string of the molecule is Cc1sc(CNC2CCSc3ccccc32)cc1Br. The van der Waals surface area contributed by atoms with Gasteiger partial charge >= 0.3 is 0 Å². The highest BCUT2D eigenvalue weighted by molar-refractivity contribution is 9.10. The number of thioether (sulfide) groups is 1. The van der Waals surface area contributed by atoms with Crippen LogP contribution in [0.1, 0.15) is 27.8 Å². The van der Waals surface area contributed by atoms with Crippen LogP contribution in [0.5, 0.6) is 0 Å². The van der Waals surface area contributed by atoms with Crippen molar-refractivity contribution in [3.63, 3.8) is 0 Å². The Morgan fingerprint density at radius 1 is 1.37 bits per heavy atom. The summed E-state index contributed by atoms with van der Waals surface area (Å²) in [6, 6.07) is 11.5. The van der Waals surface area contributed by atoms with Crippen LogP contribution in [0, 0.1) is 6.92 Å². The molecule has 0 saturated carbocycles. The van der Waals surface area contributed by atoms with Crippen molar-refractivity contribution < 1.29 is 0 Å². The van der Waals surface area contributed by atoms with Gasteiger partial charge in [0.1, 0.15) is 0 Å². The highest BCUT2D eigenvalue weighted by atomic mass is 79.9. The molecule has 19 heavy (non-hydrogen) atoms. The van der Waals surface area contributed by atoms with Crippen LogP contribution in [0.4, 0.5) is 0 Å². The summed E-state index contributed by atoms with van der Waals surface area (Å²) in [5, 5.41) is 3.71. The Bertz CT molecular complexity index is 560. The van der Waals surface area contributed by atoms with E-state index >= 15 is 0 Å². The van der Waals surface area contributed by atoms with Crippen molar-refractivity contribution in [2.45, 2.75) is 30.8 Å². The van der Waals surface area contributed by atoms with Crippen LogP contribution in [0.25, 0.3) is 0 Å². The fourth-order valence-corrected chi connectivity index (χ4v) is 5.06. The van der Waals surface area contributed by atoms with Gasteiger partial charge in [0.2, 0.25) is 0 Å². The zero-order valence-electron chi connectivity index (χ0n) is 10.8. The standard InChI is InChI=1S/C15H16BrNS2/c1-10-13(16)8-11(19-10)9-17-14-6-7-18-15-5-3-2-4-12(14)15/h2-5,8,14,17H,6-7,9H2,1H3. The van der Waals surface area contributed by atoms with E-state index in [-0.39, 0.29) is 0 Å². The predicted molar refractivity (Wildman–Crippen MR) is 88.1 cm³/mol. The molecule has 4 heteroatoms. The zero-order chi connectivity index (χ0) is 13.2. The van der Waals surface area contributed by atoms with Gasteiger partial charge in [0, 0.05) is 31.7 Å². The van der Waals surface area contributed by atoms with Crippen LogP contribution >= 0.6 is 39.0 Å². The largest absolute Gasteiger partial charge is 0.305 e. The Hall–Kier alpha value is -0.290. The average molecular weight is 354 g/mol. The molecular formula is C15H16BrNS2. The van der Waals surface area contributed by atoms with Gasteiger partial charge in [0.25, 0.3) is 0 Å². The van der Waals surface area contributed by atoms with E-state index in [4.69, 9.17) is 0 Å². The lowest BCUT2D eigenvalue weighted by Gasteiger charge is -2.25. The summed E-state index contributed by atoms with van der Waals surface area (Å²) in [7, 11) is 0. The summed E-state index contributed by atoms with van der Waals surface area (Å²) in [5.74, 6) is 1.21. The van der Waals surface area contributed by atoms with Crippen molar-refractivity contribution in [2.24, 2.45) is 0 Å². The number of aryl methyl sites for hydroxylation is 1. The normalized spacial score (nSPS) is 18.3. The molecule has 1 unspecified atom stereocenters. The predicted octanol–water partition coefficient (Wildman–Crippen LogP) is 5.15. The molecule has 0 amide bonds. The molecule has 0 aliphatic carbocycles. The first kappa shape index (κ1) is 13.7. The second kappa shape index (κ2) is 6.00. The second-order valence-corrected chi connectivity index (χ2v) is 8.06. The fourth-order valence-electron chi connectivity index (χ4n) is 2.38. The molecule has 0 spiro atoms. The number of fused-ring (bicyclic) bond motifs is 1. The molecule has 2 aromatic rings. The lowest BCUT2D eigenvalue weighted by Crippen LogP contribution is -2.23. The summed E-state index contributed by atoms with van der Waals surface area (Å²) in [5.41, 5.74) is 1.46. The quantitative estimate of drug-likeness (QED) is 0.819. The first-order valence-corrected chi connectivity index (χ1v) is 9.03. The van der Waals surface area contributed by atoms with E-state index in [2.05, 4.69) is 58.5 Å². The number of nitrogens with one attached hydrogen (secondary N) is 1. The Kier molecular flexibility index (Phi) is 4.32. The van der Waals surface area contributed by atoms with Crippen molar-refractivity contribution in [3.05, 3.63) is 50.1 Å². The number of hydrogen-bond donors (Lipinski definition) is 1. The summed E-state index contributed by atoms with van der Waals surface area (Å²) in [6.07, 6.45) is 1.22. The topological polar surface area (TPSA) is 12.0 Å². The smallest absolute Gasteiger partial charge is 0.0342 e. The van der Waals surface area contributed by atoms with Crippen molar-refractivity contribution >= 4 is 39.0 Å². The maximum absolute atomic E-state index is 3.71. The molecule has 100 valence electrons. The highest BCUT2D eigenvalue weighted by Gasteiger charge is 2.19. The fraction of sp³-hybridized carbons (Fsp3) is 0.333. The molecule has 1 aliphatic heterocycles. The Labute approximate surface area is 130 Å². The van der Waals surface area contributed by atoms with Crippen molar-refractivity contribution in [3.8, 4) is 0 Å². The number of hydrogen-bond acceptors (Lipinski definition) is 3. The maximum atomic E-state index is 3.71. The van der Waals surface area contributed by atoms with Gasteiger partial charge in [-0.15, -0.1) is 23.1 Å². The molecule has 0 bridgehead atoms. The summed E-state index contributed by atoms with van der Waals surface area (Å²) >= 11 is 7.43. The summed E-state index contributed by atoms with van der Waals surface area (Å²) in [6.45, 7) is 3.12. The molecule has 1 nitrogen and oxygen atoms in total. The van der Waals surface area contributed by atoms with Crippen molar-refractivity contribution in [1.82, 2.24) is 5.32 Å². The molecule has 0 radical (unpaired) electrons. The van der Waals surface area contributed by atoms with Gasteiger partial charge in [0.05, 0.1) is 0 Å². The van der Waals surface area contributed by atoms with E-state index in [1.165, 1.54) is 36.9 Å². The minimum Gasteiger partial charge on any atom is -0.305 e. The highest BCUT2D eigenvalue weighted by Crippen LogP contribution is 2.36. The third kappa shape index (κ3) is 3.07. The third-order valence-electron chi connectivity index (χ3n) is 3.39. The van der Waals surface area contributed by atoms with Gasteiger partial charge in [-0.25, -0.2) is 0 Å². The summed E-state index contributed by atoms with van der Waals surface area (Å²) < 4.78 is 1.23. The molecular weight excluding hydrogens is 338 g/mol. The van der Waals surface area contributed by atoms with E-state index in [0.717, 1.165) is 6.54 Å². The van der Waals surface area contributed by atoms with E-state index in [1.807, 2.05) is 23.1 Å². The monoisotopic (exact) mass is 353 g/mol. The Balaban J connectivity index is 1.71. The number of rotatable bonds is 3. The van der Waals surface area contributed by atoms with Crippen LogP contribution < -0.4 is 5.32 Å². The van der Waals surface area contributed by atoms with E-state index in [1.54, 1.807) is 0 Å². The van der Waals surface area contributed by atoms with E-state index < -0.39 is 0 Å². The summed E-state index contributed by atoms with van der Waals surface area (Å²) in [4.78, 5) is 4.20. The molecule has 3 rings (SSSR count). The zero-order valence-corrected chi connectivity index (χ0v) is 14.0. The van der Waals surface area contributed by atoms with Crippen LogP contribution in [0.2, 0.25) is 0 Å². The molecule has 1 aromatic carbocycles. The van der Waals surface area contributed by atoms with Crippen LogP contribution in [0.15, 0.2) is 39.7 Å². The number of halogens is 1. The van der Waals surface area contributed by atoms with Gasteiger partial charge in [-0.05, 0) is 52.7 Å². The molecule has 2 heterocycles. The lowest BCUT2D eigenvalue weighted by atomic mass is 10.0. The molecule has 1 aromatic heterocycles. The van der Waals surface area contributed by atoms with Gasteiger partial charge in [-0.2, -0.15) is 0 Å². The van der Waals surface area contributed by atoms with Gasteiger partial charge in [0.15, 0.2) is 0 Å². The first-order valence-electron chi connectivity index (χ1n) is 6.44. The first-order chi connectivity index (χ1) is 9.24. The Morgan fingerprint density at radius 3 is 3.00 bits per heavy atom. The van der Waals surface area contributed by atoms with Crippen molar-refractivity contribution in [1.29, 1.82) is 0 Å². The Morgan fingerprint density at radius 2 is 2.21 bits per heavy atom. The van der Waals surface area contributed by atoms with Crippen molar-refractivity contribution in [2.75, 3.05) is 5.75 Å². The van der Waals surface area contributed by atoms with E-state index in [9.17, 15) is 0 Å². The van der Waals surface area contributed by atoms with E-state index in [0.29, 0.717) is 6.04 Å². The molecule has 0 fully saturated rings. The molecule has 1 N–H and O–H groups in total. The minimum absolute atomic E-state index is 0.499. The van der Waals surface area contributed by atoms with Gasteiger partial charge in [-0.1, -0.05) is 18.2 Å². The van der Waals surface area contributed by atoms with Crippen LogP contribution in [-0.2, 0) is 6.54 Å². The second-order valence-electron chi connectivity index (χ2n) is 4.73. The average Bonchev–Trinajstić information content (AvgIpc) is 2.75. The van der Waals surface area contributed by atoms with Crippen LogP contribution in [0.3, 0.4) is 0 Å². The van der Waals surface area contributed by atoms with Crippen LogP contribution in [-0.4, -0.2) is 5.75 Å². The third-order valence-corrected chi connectivity index (χ3v) is 6.65. The molecule has 1 aliphatic rings. The maximum Gasteiger partial charge on any atom is 0.0342 e.